The molecule has 114 valence electrons. The van der Waals surface area contributed by atoms with Crippen LogP contribution < -0.4 is 14.8 Å². The second-order valence-corrected chi connectivity index (χ2v) is 4.44. The predicted molar refractivity (Wildman–Crippen MR) is 84.7 cm³/mol. The number of phenols is 1. The fourth-order valence-electron chi connectivity index (χ4n) is 1.85. The molecule has 0 aliphatic heterocycles. The largest absolute Gasteiger partial charge is 0.506 e. The Balaban J connectivity index is 2.19. The fourth-order valence-corrected chi connectivity index (χ4v) is 1.85. The Morgan fingerprint density at radius 2 is 2.05 bits per heavy atom. The van der Waals surface area contributed by atoms with Gasteiger partial charge in [0.2, 0.25) is 0 Å². The first-order chi connectivity index (χ1) is 10.7. The third-order valence-electron chi connectivity index (χ3n) is 2.93. The lowest BCUT2D eigenvalue weighted by Gasteiger charge is -2.11. The van der Waals surface area contributed by atoms with Crippen LogP contribution in [0.5, 0.6) is 17.2 Å². The third kappa shape index (κ3) is 3.58. The van der Waals surface area contributed by atoms with E-state index in [4.69, 9.17) is 9.47 Å². The third-order valence-corrected chi connectivity index (χ3v) is 2.93. The first-order valence-electron chi connectivity index (χ1n) is 6.66. The molecule has 0 aromatic heterocycles. The van der Waals surface area contributed by atoms with E-state index < -0.39 is 0 Å². The quantitative estimate of drug-likeness (QED) is 0.635. The zero-order chi connectivity index (χ0) is 15.9. The van der Waals surface area contributed by atoms with Gasteiger partial charge in [0, 0.05) is 5.56 Å². The summed E-state index contributed by atoms with van der Waals surface area (Å²) in [6.07, 6.45) is 1.62. The molecule has 0 aliphatic rings. The number of phenolic OH excluding ortho intramolecular Hbond substituents is 1. The summed E-state index contributed by atoms with van der Waals surface area (Å²) in [5.41, 5.74) is 0.740. The number of anilines is 1. The standard InChI is InChI=1S/C17H17NO4/c1-3-10-22-15-9-8-12(11-16(15)21-2)17(20)18-13-6-4-5-7-14(13)19/h3-9,11,19H,1,10H2,2H3,(H,18,20). The summed E-state index contributed by atoms with van der Waals surface area (Å²) in [6.45, 7) is 3.93. The smallest absolute Gasteiger partial charge is 0.255 e. The van der Waals surface area contributed by atoms with Crippen LogP contribution in [0.1, 0.15) is 10.4 Å². The summed E-state index contributed by atoms with van der Waals surface area (Å²) < 4.78 is 10.7. The Bertz CT molecular complexity index is 682. The maximum Gasteiger partial charge on any atom is 0.255 e. The summed E-state index contributed by atoms with van der Waals surface area (Å²) in [5.74, 6) is 0.636. The molecule has 0 saturated carbocycles. The van der Waals surface area contributed by atoms with Gasteiger partial charge < -0.3 is 19.9 Å². The number of hydrogen-bond acceptors (Lipinski definition) is 4. The molecule has 0 spiro atoms. The Morgan fingerprint density at radius 3 is 2.73 bits per heavy atom. The van der Waals surface area contributed by atoms with Crippen molar-refractivity contribution in [3.05, 3.63) is 60.7 Å². The van der Waals surface area contributed by atoms with Gasteiger partial charge in [-0.15, -0.1) is 0 Å². The molecular weight excluding hydrogens is 282 g/mol. The predicted octanol–water partition coefficient (Wildman–Crippen LogP) is 3.22. The number of ether oxygens (including phenoxy) is 2. The Morgan fingerprint density at radius 1 is 1.27 bits per heavy atom. The maximum absolute atomic E-state index is 12.2. The first kappa shape index (κ1) is 15.4. The van der Waals surface area contributed by atoms with Crippen LogP contribution in [0.4, 0.5) is 5.69 Å². The molecule has 1 amide bonds. The van der Waals surface area contributed by atoms with Crippen molar-refractivity contribution in [3.8, 4) is 17.2 Å². The van der Waals surface area contributed by atoms with Crippen molar-refractivity contribution in [1.29, 1.82) is 0 Å². The van der Waals surface area contributed by atoms with Gasteiger partial charge in [0.25, 0.3) is 5.91 Å². The van der Waals surface area contributed by atoms with E-state index in [2.05, 4.69) is 11.9 Å². The number of para-hydroxylation sites is 2. The van der Waals surface area contributed by atoms with E-state index in [0.717, 1.165) is 0 Å². The number of hydrogen-bond donors (Lipinski definition) is 2. The van der Waals surface area contributed by atoms with Gasteiger partial charge in [0.15, 0.2) is 11.5 Å². The lowest BCUT2D eigenvalue weighted by atomic mass is 10.1. The van der Waals surface area contributed by atoms with Crippen LogP contribution in [-0.2, 0) is 0 Å². The van der Waals surface area contributed by atoms with Crippen molar-refractivity contribution in [3.63, 3.8) is 0 Å². The number of benzene rings is 2. The molecule has 2 aromatic rings. The van der Waals surface area contributed by atoms with Gasteiger partial charge in [-0.25, -0.2) is 0 Å². The van der Waals surface area contributed by atoms with Crippen molar-refractivity contribution < 1.29 is 19.4 Å². The van der Waals surface area contributed by atoms with E-state index in [1.54, 1.807) is 42.5 Å². The molecule has 0 atom stereocenters. The molecule has 0 aliphatic carbocycles. The lowest BCUT2D eigenvalue weighted by molar-refractivity contribution is 0.102. The highest BCUT2D eigenvalue weighted by atomic mass is 16.5. The molecule has 2 N–H and O–H groups in total. The van der Waals surface area contributed by atoms with Crippen LogP contribution in [0.25, 0.3) is 0 Å². The highest BCUT2D eigenvalue weighted by Gasteiger charge is 2.12. The Hall–Kier alpha value is -2.95. The van der Waals surface area contributed by atoms with Crippen molar-refractivity contribution in [1.82, 2.24) is 0 Å². The molecule has 5 nitrogen and oxygen atoms in total. The number of aromatic hydroxyl groups is 1. The Labute approximate surface area is 128 Å². The van der Waals surface area contributed by atoms with E-state index in [1.165, 1.54) is 13.2 Å². The van der Waals surface area contributed by atoms with Crippen LogP contribution in [0.2, 0.25) is 0 Å². The van der Waals surface area contributed by atoms with E-state index in [-0.39, 0.29) is 11.7 Å². The van der Waals surface area contributed by atoms with Gasteiger partial charge in [0.05, 0.1) is 12.8 Å². The van der Waals surface area contributed by atoms with Gasteiger partial charge in [0.1, 0.15) is 12.4 Å². The van der Waals surface area contributed by atoms with E-state index in [1.807, 2.05) is 0 Å². The minimum Gasteiger partial charge on any atom is -0.506 e. The lowest BCUT2D eigenvalue weighted by Crippen LogP contribution is -2.12. The molecule has 2 aromatic carbocycles. The molecule has 2 rings (SSSR count). The number of nitrogens with one attached hydrogen (secondary N) is 1. The fraction of sp³-hybridized carbons (Fsp3) is 0.118. The minimum absolute atomic E-state index is 0.00810. The second-order valence-electron chi connectivity index (χ2n) is 4.44. The number of methoxy groups -OCH3 is 1. The monoisotopic (exact) mass is 299 g/mol. The van der Waals surface area contributed by atoms with Gasteiger partial charge in [-0.2, -0.15) is 0 Å². The van der Waals surface area contributed by atoms with Gasteiger partial charge >= 0.3 is 0 Å². The summed E-state index contributed by atoms with van der Waals surface area (Å²) >= 11 is 0. The number of amides is 1. The highest BCUT2D eigenvalue weighted by molar-refractivity contribution is 6.05. The second kappa shape index (κ2) is 7.17. The molecule has 5 heteroatoms. The summed E-state index contributed by atoms with van der Waals surface area (Å²) in [6, 6.07) is 11.4. The van der Waals surface area contributed by atoms with Crippen molar-refractivity contribution in [2.45, 2.75) is 0 Å². The zero-order valence-electron chi connectivity index (χ0n) is 12.2. The molecule has 0 saturated heterocycles. The van der Waals surface area contributed by atoms with Crippen molar-refractivity contribution in [2.75, 3.05) is 19.0 Å². The van der Waals surface area contributed by atoms with Gasteiger partial charge in [-0.3, -0.25) is 4.79 Å². The summed E-state index contributed by atoms with van der Waals surface area (Å²) in [7, 11) is 1.50. The van der Waals surface area contributed by atoms with E-state index in [0.29, 0.717) is 29.4 Å². The normalized spacial score (nSPS) is 9.86. The molecule has 0 heterocycles. The molecule has 22 heavy (non-hydrogen) atoms. The number of rotatable bonds is 6. The molecule has 0 fully saturated rings. The van der Waals surface area contributed by atoms with Gasteiger partial charge in [-0.1, -0.05) is 24.8 Å². The number of carbonyl (C=O) groups is 1. The van der Waals surface area contributed by atoms with Crippen LogP contribution in [0.3, 0.4) is 0 Å². The van der Waals surface area contributed by atoms with Crippen LogP contribution in [-0.4, -0.2) is 24.7 Å². The average molecular weight is 299 g/mol. The summed E-state index contributed by atoms with van der Waals surface area (Å²) in [4.78, 5) is 12.2. The molecular formula is C17H17NO4. The zero-order valence-corrected chi connectivity index (χ0v) is 12.2. The SMILES string of the molecule is C=CCOc1ccc(C(=O)Nc2ccccc2O)cc1OC. The van der Waals surface area contributed by atoms with Crippen molar-refractivity contribution in [2.24, 2.45) is 0 Å². The average Bonchev–Trinajstić information content (AvgIpc) is 2.54. The van der Waals surface area contributed by atoms with Crippen LogP contribution >= 0.6 is 0 Å². The Kier molecular flexibility index (Phi) is 5.03. The van der Waals surface area contributed by atoms with Gasteiger partial charge in [-0.05, 0) is 30.3 Å². The van der Waals surface area contributed by atoms with Crippen molar-refractivity contribution >= 4 is 11.6 Å². The highest BCUT2D eigenvalue weighted by Crippen LogP contribution is 2.29. The number of carbonyl (C=O) groups excluding carboxylic acids is 1. The first-order valence-corrected chi connectivity index (χ1v) is 6.66. The van der Waals surface area contributed by atoms with Crippen LogP contribution in [0.15, 0.2) is 55.1 Å². The molecule has 0 bridgehead atoms. The van der Waals surface area contributed by atoms with E-state index >= 15 is 0 Å². The minimum atomic E-state index is -0.352. The molecule has 0 radical (unpaired) electrons. The molecule has 0 unspecified atom stereocenters. The van der Waals surface area contributed by atoms with Crippen LogP contribution in [0, 0.1) is 0 Å². The maximum atomic E-state index is 12.2. The summed E-state index contributed by atoms with van der Waals surface area (Å²) in [5, 5.41) is 12.3. The van der Waals surface area contributed by atoms with E-state index in [9.17, 15) is 9.90 Å². The topological polar surface area (TPSA) is 67.8 Å².